The maximum absolute atomic E-state index is 12.5. The molecule has 2 aromatic carbocycles. The number of aliphatic carboxylic acids is 1. The fourth-order valence-electron chi connectivity index (χ4n) is 4.24. The molecule has 3 rings (SSSR count). The molecule has 1 saturated heterocycles. The van der Waals surface area contributed by atoms with Gasteiger partial charge in [0.15, 0.2) is 0 Å². The molecule has 2 aromatic rings. The number of benzene rings is 2. The smallest absolute Gasteiger partial charge is 0.303 e. The van der Waals surface area contributed by atoms with E-state index in [0.717, 1.165) is 72.5 Å². The van der Waals surface area contributed by atoms with Crippen LogP contribution in [0.4, 0.5) is 4.79 Å². The molecule has 1 unspecified atom stereocenters. The van der Waals surface area contributed by atoms with Crippen molar-refractivity contribution in [3.05, 3.63) is 59.7 Å². The number of carboxylic acid groups (broad SMARTS) is 1. The van der Waals surface area contributed by atoms with Gasteiger partial charge in [0.1, 0.15) is 0 Å². The molecule has 1 aliphatic heterocycles. The van der Waals surface area contributed by atoms with Crippen molar-refractivity contribution in [2.75, 3.05) is 7.05 Å². The summed E-state index contributed by atoms with van der Waals surface area (Å²) < 4.78 is 0. The van der Waals surface area contributed by atoms with Crippen molar-refractivity contribution in [2.24, 2.45) is 0 Å². The Bertz CT molecular complexity index is 1070. The number of unbranched alkanes of at least 4 members (excludes halogenated alkanes) is 5. The van der Waals surface area contributed by atoms with Crippen LogP contribution in [-0.4, -0.2) is 45.3 Å². The molecule has 0 aromatic heterocycles. The summed E-state index contributed by atoms with van der Waals surface area (Å²) in [4.78, 5) is 48.0. The monoisotopic (exact) mass is 510 g/mol. The van der Waals surface area contributed by atoms with Crippen molar-refractivity contribution in [3.8, 4) is 11.1 Å². The molecule has 36 heavy (non-hydrogen) atoms. The minimum atomic E-state index is -0.739. The van der Waals surface area contributed by atoms with Crippen molar-refractivity contribution in [1.29, 1.82) is 0 Å². The molecule has 3 amide bonds. The SMILES string of the molecule is CN(Cc1cccc(-c2ccc(CC3SC(=O)NC3=O)cc2)c1)C(=O)CCCCCCCCC(=O)O. The summed E-state index contributed by atoms with van der Waals surface area (Å²) in [5.41, 5.74) is 4.18. The highest BCUT2D eigenvalue weighted by atomic mass is 32.2. The molecule has 192 valence electrons. The van der Waals surface area contributed by atoms with E-state index in [0.29, 0.717) is 19.4 Å². The first kappa shape index (κ1) is 27.5. The normalized spacial score (nSPS) is 15.1. The minimum absolute atomic E-state index is 0.128. The number of imide groups is 1. The maximum atomic E-state index is 12.5. The van der Waals surface area contributed by atoms with Crippen LogP contribution in [0.15, 0.2) is 48.5 Å². The second kappa shape index (κ2) is 13.8. The van der Waals surface area contributed by atoms with Gasteiger partial charge in [0.25, 0.3) is 5.24 Å². The molecule has 2 N–H and O–H groups in total. The Labute approximate surface area is 216 Å². The lowest BCUT2D eigenvalue weighted by Gasteiger charge is -2.18. The molecule has 0 aliphatic carbocycles. The van der Waals surface area contributed by atoms with Gasteiger partial charge in [-0.25, -0.2) is 0 Å². The molecular formula is C28H34N2O5S. The van der Waals surface area contributed by atoms with Crippen molar-refractivity contribution in [1.82, 2.24) is 10.2 Å². The standard InChI is InChI=1S/C28H34N2O5S/c1-30(25(31)11-6-4-2-3-5-7-12-26(32)33)19-21-9-8-10-23(17-21)22-15-13-20(14-16-22)18-24-27(34)29-28(35)36-24/h8-10,13-17,24H,2-7,11-12,18-19H2,1H3,(H,32,33)(H,29,34,35). The maximum Gasteiger partial charge on any atom is 0.303 e. The van der Waals surface area contributed by atoms with Gasteiger partial charge < -0.3 is 10.0 Å². The van der Waals surface area contributed by atoms with Crippen LogP contribution in [0.25, 0.3) is 11.1 Å². The zero-order chi connectivity index (χ0) is 25.9. The van der Waals surface area contributed by atoms with Gasteiger partial charge in [-0.1, -0.05) is 79.9 Å². The summed E-state index contributed by atoms with van der Waals surface area (Å²) in [6.07, 6.45) is 6.80. The third kappa shape index (κ3) is 8.82. The molecule has 0 radical (unpaired) electrons. The predicted octanol–water partition coefficient (Wildman–Crippen LogP) is 5.41. The summed E-state index contributed by atoms with van der Waals surface area (Å²) in [5.74, 6) is -0.839. The fraction of sp³-hybridized carbons (Fsp3) is 0.429. The summed E-state index contributed by atoms with van der Waals surface area (Å²) in [7, 11) is 1.83. The number of carbonyl (C=O) groups excluding carboxylic acids is 3. The summed E-state index contributed by atoms with van der Waals surface area (Å²) >= 11 is 1.04. The number of hydrogen-bond donors (Lipinski definition) is 2. The molecule has 0 bridgehead atoms. The molecule has 1 fully saturated rings. The van der Waals surface area contributed by atoms with Crippen LogP contribution in [0.1, 0.15) is 62.5 Å². The molecule has 0 saturated carbocycles. The molecule has 1 atom stereocenters. The Morgan fingerprint density at radius 3 is 2.19 bits per heavy atom. The van der Waals surface area contributed by atoms with Crippen molar-refractivity contribution >= 4 is 34.8 Å². The summed E-state index contributed by atoms with van der Waals surface area (Å²) in [6, 6.07) is 16.2. The lowest BCUT2D eigenvalue weighted by Crippen LogP contribution is -2.25. The van der Waals surface area contributed by atoms with E-state index >= 15 is 0 Å². The predicted molar refractivity (Wildman–Crippen MR) is 142 cm³/mol. The topological polar surface area (TPSA) is 104 Å². The van der Waals surface area contributed by atoms with Gasteiger partial charge in [-0.2, -0.15) is 0 Å². The van der Waals surface area contributed by atoms with Crippen molar-refractivity contribution < 1.29 is 24.3 Å². The number of carbonyl (C=O) groups is 4. The van der Waals surface area contributed by atoms with Gasteiger partial charge in [-0.3, -0.25) is 24.5 Å². The van der Waals surface area contributed by atoms with Crippen molar-refractivity contribution in [3.63, 3.8) is 0 Å². The van der Waals surface area contributed by atoms with Crippen LogP contribution in [0.2, 0.25) is 0 Å². The minimum Gasteiger partial charge on any atom is -0.481 e. The average Bonchev–Trinajstić information content (AvgIpc) is 3.17. The molecule has 7 nitrogen and oxygen atoms in total. The first-order chi connectivity index (χ1) is 17.3. The third-order valence-electron chi connectivity index (χ3n) is 6.28. The molecule has 0 spiro atoms. The Balaban J connectivity index is 1.43. The number of thioether (sulfide) groups is 1. The highest BCUT2D eigenvalue weighted by Gasteiger charge is 2.31. The third-order valence-corrected chi connectivity index (χ3v) is 7.26. The fourth-order valence-corrected chi connectivity index (χ4v) is 5.10. The Morgan fingerprint density at radius 2 is 1.56 bits per heavy atom. The van der Waals surface area contributed by atoms with E-state index in [1.165, 1.54) is 0 Å². The van der Waals surface area contributed by atoms with E-state index in [1.54, 1.807) is 4.90 Å². The number of carboxylic acids is 1. The number of nitrogens with zero attached hydrogens (tertiary/aromatic N) is 1. The van der Waals surface area contributed by atoms with E-state index in [-0.39, 0.29) is 28.7 Å². The Hall–Kier alpha value is -3.13. The quantitative estimate of drug-likeness (QED) is 0.329. The first-order valence-corrected chi connectivity index (χ1v) is 13.4. The average molecular weight is 511 g/mol. The summed E-state index contributed by atoms with van der Waals surface area (Å²) in [6.45, 7) is 0.544. The Kier molecular flexibility index (Phi) is 10.5. The van der Waals surface area contributed by atoms with Gasteiger partial charge in [0.2, 0.25) is 11.8 Å². The van der Waals surface area contributed by atoms with E-state index in [1.807, 2.05) is 49.5 Å². The lowest BCUT2D eigenvalue weighted by molar-refractivity contribution is -0.137. The highest BCUT2D eigenvalue weighted by molar-refractivity contribution is 8.15. The van der Waals surface area contributed by atoms with E-state index in [9.17, 15) is 19.2 Å². The van der Waals surface area contributed by atoms with Gasteiger partial charge >= 0.3 is 5.97 Å². The molecular weight excluding hydrogens is 476 g/mol. The zero-order valence-corrected chi connectivity index (χ0v) is 21.5. The van der Waals surface area contributed by atoms with Gasteiger partial charge in [0.05, 0.1) is 5.25 Å². The van der Waals surface area contributed by atoms with Gasteiger partial charge in [-0.05, 0) is 47.6 Å². The van der Waals surface area contributed by atoms with Crippen LogP contribution < -0.4 is 5.32 Å². The van der Waals surface area contributed by atoms with Gasteiger partial charge in [-0.15, -0.1) is 0 Å². The molecule has 1 aliphatic rings. The van der Waals surface area contributed by atoms with Crippen LogP contribution in [0, 0.1) is 0 Å². The van der Waals surface area contributed by atoms with E-state index in [2.05, 4.69) is 11.4 Å². The number of amides is 3. The second-order valence-corrected chi connectivity index (χ2v) is 10.4. The largest absolute Gasteiger partial charge is 0.481 e. The summed E-state index contributed by atoms with van der Waals surface area (Å²) in [5, 5.41) is 10.3. The molecule has 1 heterocycles. The number of nitrogens with one attached hydrogen (secondary N) is 1. The number of hydrogen-bond acceptors (Lipinski definition) is 5. The lowest BCUT2D eigenvalue weighted by atomic mass is 10.00. The van der Waals surface area contributed by atoms with Gasteiger partial charge in [0, 0.05) is 26.4 Å². The molecule has 8 heteroatoms. The zero-order valence-electron chi connectivity index (χ0n) is 20.7. The first-order valence-electron chi connectivity index (χ1n) is 12.5. The number of rotatable bonds is 14. The highest BCUT2D eigenvalue weighted by Crippen LogP contribution is 2.26. The van der Waals surface area contributed by atoms with Crippen LogP contribution in [-0.2, 0) is 27.3 Å². The van der Waals surface area contributed by atoms with Crippen LogP contribution in [0.3, 0.4) is 0 Å². The van der Waals surface area contributed by atoms with Crippen molar-refractivity contribution in [2.45, 2.75) is 69.6 Å². The van der Waals surface area contributed by atoms with E-state index < -0.39 is 5.97 Å². The van der Waals surface area contributed by atoms with E-state index in [4.69, 9.17) is 5.11 Å². The second-order valence-electron chi connectivity index (χ2n) is 9.25. The Morgan fingerprint density at radius 1 is 0.889 bits per heavy atom. The van der Waals surface area contributed by atoms with Crippen LogP contribution >= 0.6 is 11.8 Å². The van der Waals surface area contributed by atoms with Crippen LogP contribution in [0.5, 0.6) is 0 Å².